The molecular formula is C17H20FN3O2S. The number of hydrogen-bond donors (Lipinski definition) is 1. The maximum Gasteiger partial charge on any atom is 0.263 e. The molecule has 1 amide bonds. The van der Waals surface area contributed by atoms with Gasteiger partial charge >= 0.3 is 0 Å². The predicted molar refractivity (Wildman–Crippen MR) is 92.7 cm³/mol. The van der Waals surface area contributed by atoms with E-state index in [1.807, 2.05) is 25.5 Å². The second kappa shape index (κ2) is 6.47. The van der Waals surface area contributed by atoms with Gasteiger partial charge in [-0.3, -0.25) is 4.79 Å². The summed E-state index contributed by atoms with van der Waals surface area (Å²) in [5, 5.41) is 7.57. The van der Waals surface area contributed by atoms with Gasteiger partial charge in [0, 0.05) is 17.1 Å². The van der Waals surface area contributed by atoms with Crippen LogP contribution in [0.25, 0.3) is 0 Å². The molecule has 3 rings (SSSR count). The summed E-state index contributed by atoms with van der Waals surface area (Å²) in [7, 11) is 0. The number of amides is 1. The predicted octanol–water partition coefficient (Wildman–Crippen LogP) is 3.54. The van der Waals surface area contributed by atoms with Gasteiger partial charge in [-0.25, -0.2) is 9.07 Å². The van der Waals surface area contributed by atoms with Crippen LogP contribution in [0.3, 0.4) is 0 Å². The topological polar surface area (TPSA) is 56.2 Å². The molecule has 7 heteroatoms. The molecule has 0 saturated carbocycles. The van der Waals surface area contributed by atoms with Crippen LogP contribution in [0.4, 0.5) is 10.2 Å². The number of fused-ring (bicyclic) bond motifs is 1. The van der Waals surface area contributed by atoms with E-state index in [0.29, 0.717) is 5.75 Å². The molecule has 0 bridgehead atoms. The highest BCUT2D eigenvalue weighted by molar-refractivity contribution is 7.98. The van der Waals surface area contributed by atoms with E-state index < -0.39 is 0 Å². The average Bonchev–Trinajstić information content (AvgIpc) is 3.09. The Morgan fingerprint density at radius 1 is 1.33 bits per heavy atom. The fourth-order valence-corrected chi connectivity index (χ4v) is 3.51. The maximum atomic E-state index is 12.9. The number of carbonyl (C=O) groups is 1. The van der Waals surface area contributed by atoms with E-state index >= 15 is 0 Å². The monoisotopic (exact) mass is 349 g/mol. The number of ether oxygens (including phenoxy) is 1. The quantitative estimate of drug-likeness (QED) is 0.917. The van der Waals surface area contributed by atoms with Crippen LogP contribution in [-0.4, -0.2) is 22.3 Å². The largest absolute Gasteiger partial charge is 0.484 e. The smallest absolute Gasteiger partial charge is 0.263 e. The molecule has 1 aliphatic rings. The summed E-state index contributed by atoms with van der Waals surface area (Å²) in [5.41, 5.74) is 1.89. The summed E-state index contributed by atoms with van der Waals surface area (Å²) >= 11 is 1.79. The molecule has 128 valence electrons. The van der Waals surface area contributed by atoms with Crippen molar-refractivity contribution in [1.82, 2.24) is 9.78 Å². The Morgan fingerprint density at radius 2 is 2.04 bits per heavy atom. The number of rotatable bonds is 4. The lowest BCUT2D eigenvalue weighted by Gasteiger charge is -2.23. The molecule has 2 aromatic rings. The van der Waals surface area contributed by atoms with E-state index in [0.717, 1.165) is 28.6 Å². The lowest BCUT2D eigenvalue weighted by atomic mass is 10.1. The first-order chi connectivity index (χ1) is 11.3. The molecule has 1 aromatic carbocycles. The Labute approximate surface area is 144 Å². The molecule has 2 heterocycles. The summed E-state index contributed by atoms with van der Waals surface area (Å²) < 4.78 is 20.1. The minimum atomic E-state index is -0.339. The molecular weight excluding hydrogens is 329 g/mol. The molecule has 1 aromatic heterocycles. The molecule has 0 radical (unpaired) electrons. The second-order valence-corrected chi connectivity index (χ2v) is 7.63. The number of halogens is 1. The van der Waals surface area contributed by atoms with Crippen LogP contribution in [0.5, 0.6) is 5.75 Å². The fourth-order valence-electron chi connectivity index (χ4n) is 2.47. The van der Waals surface area contributed by atoms with Crippen molar-refractivity contribution >= 4 is 23.5 Å². The highest BCUT2D eigenvalue weighted by Gasteiger charge is 2.28. The van der Waals surface area contributed by atoms with Crippen molar-refractivity contribution in [1.29, 1.82) is 0 Å². The van der Waals surface area contributed by atoms with Gasteiger partial charge in [0.05, 0.1) is 11.2 Å². The summed E-state index contributed by atoms with van der Waals surface area (Å²) in [5.74, 6) is 2.32. The third-order valence-corrected chi connectivity index (χ3v) is 4.60. The number of carbonyl (C=O) groups excluding carboxylic acids is 1. The van der Waals surface area contributed by atoms with Gasteiger partial charge in [-0.1, -0.05) is 0 Å². The zero-order chi connectivity index (χ0) is 17.3. The Hall–Kier alpha value is -2.02. The van der Waals surface area contributed by atoms with Gasteiger partial charge in [-0.05, 0) is 45.0 Å². The normalized spacial score (nSPS) is 13.7. The van der Waals surface area contributed by atoms with Gasteiger partial charge in [0.2, 0.25) is 0 Å². The average molecular weight is 349 g/mol. The lowest BCUT2D eigenvalue weighted by molar-refractivity contribution is -0.118. The number of hydrogen-bond acceptors (Lipinski definition) is 4. The van der Waals surface area contributed by atoms with Gasteiger partial charge in [-0.2, -0.15) is 16.9 Å². The molecule has 0 spiro atoms. The number of thioether (sulfide) groups is 1. The molecule has 5 nitrogen and oxygen atoms in total. The first-order valence-corrected chi connectivity index (χ1v) is 8.87. The van der Waals surface area contributed by atoms with Crippen LogP contribution < -0.4 is 10.1 Å². The third-order valence-electron chi connectivity index (χ3n) is 3.63. The third kappa shape index (κ3) is 3.56. The van der Waals surface area contributed by atoms with Crippen molar-refractivity contribution in [3.05, 3.63) is 41.3 Å². The summed E-state index contributed by atoms with van der Waals surface area (Å²) in [6, 6.07) is 5.59. The van der Waals surface area contributed by atoms with Gasteiger partial charge in [0.1, 0.15) is 17.4 Å². The summed E-state index contributed by atoms with van der Waals surface area (Å²) in [4.78, 5) is 12.3. The Balaban J connectivity index is 1.71. The van der Waals surface area contributed by atoms with E-state index in [4.69, 9.17) is 4.74 Å². The molecule has 1 N–H and O–H groups in total. The van der Waals surface area contributed by atoms with Crippen molar-refractivity contribution in [2.75, 3.05) is 11.9 Å². The summed E-state index contributed by atoms with van der Waals surface area (Å²) in [6.45, 7) is 6.01. The van der Waals surface area contributed by atoms with Crippen LogP contribution in [-0.2, 0) is 21.8 Å². The van der Waals surface area contributed by atoms with Crippen molar-refractivity contribution in [2.24, 2.45) is 0 Å². The lowest BCUT2D eigenvalue weighted by Crippen LogP contribution is -2.29. The number of nitrogens with one attached hydrogen (secondary N) is 1. The molecule has 0 aliphatic carbocycles. The Bertz CT molecular complexity index is 750. The minimum Gasteiger partial charge on any atom is -0.484 e. The summed E-state index contributed by atoms with van der Waals surface area (Å²) in [6.07, 6.45) is 0. The van der Waals surface area contributed by atoms with Gasteiger partial charge in [-0.15, -0.1) is 0 Å². The second-order valence-electron chi connectivity index (χ2n) is 6.64. The highest BCUT2D eigenvalue weighted by atomic mass is 32.2. The SMILES string of the molecule is CC(C)(C)n1nc2c(c1NC(=O)COc1ccc(F)cc1)CSC2. The van der Waals surface area contributed by atoms with Crippen LogP contribution in [0, 0.1) is 5.82 Å². The molecule has 0 atom stereocenters. The van der Waals surface area contributed by atoms with Crippen LogP contribution in [0.15, 0.2) is 24.3 Å². The van der Waals surface area contributed by atoms with Crippen molar-refractivity contribution in [2.45, 2.75) is 37.8 Å². The van der Waals surface area contributed by atoms with E-state index in [2.05, 4.69) is 10.4 Å². The standard InChI is InChI=1S/C17H20FN3O2S/c1-17(2,3)21-16(13-9-24-10-14(13)20-21)19-15(22)8-23-12-6-4-11(18)5-7-12/h4-7H,8-10H2,1-3H3,(H,19,22). The zero-order valence-electron chi connectivity index (χ0n) is 13.9. The molecule has 0 saturated heterocycles. The first-order valence-electron chi connectivity index (χ1n) is 7.72. The number of aromatic nitrogens is 2. The maximum absolute atomic E-state index is 12.9. The Kier molecular flexibility index (Phi) is 4.54. The number of anilines is 1. The van der Waals surface area contributed by atoms with E-state index in [1.165, 1.54) is 24.3 Å². The highest BCUT2D eigenvalue weighted by Crippen LogP contribution is 2.37. The van der Waals surface area contributed by atoms with Gasteiger partial charge in [0.25, 0.3) is 5.91 Å². The van der Waals surface area contributed by atoms with Crippen molar-refractivity contribution in [3.63, 3.8) is 0 Å². The van der Waals surface area contributed by atoms with E-state index in [1.54, 1.807) is 11.8 Å². The van der Waals surface area contributed by atoms with Crippen LogP contribution >= 0.6 is 11.8 Å². The van der Waals surface area contributed by atoms with Crippen LogP contribution in [0.1, 0.15) is 32.0 Å². The molecule has 0 unspecified atom stereocenters. The molecule has 0 fully saturated rings. The van der Waals surface area contributed by atoms with Crippen molar-refractivity contribution < 1.29 is 13.9 Å². The molecule has 1 aliphatic heterocycles. The van der Waals surface area contributed by atoms with Gasteiger partial charge in [0.15, 0.2) is 6.61 Å². The van der Waals surface area contributed by atoms with Crippen LogP contribution in [0.2, 0.25) is 0 Å². The van der Waals surface area contributed by atoms with Gasteiger partial charge < -0.3 is 10.1 Å². The minimum absolute atomic E-state index is 0.136. The number of nitrogens with zero attached hydrogens (tertiary/aromatic N) is 2. The van der Waals surface area contributed by atoms with E-state index in [-0.39, 0.29) is 23.9 Å². The van der Waals surface area contributed by atoms with Crippen molar-refractivity contribution in [3.8, 4) is 5.75 Å². The Morgan fingerprint density at radius 3 is 2.71 bits per heavy atom. The number of benzene rings is 1. The first kappa shape index (κ1) is 16.8. The zero-order valence-corrected chi connectivity index (χ0v) is 14.7. The fraction of sp³-hybridized carbons (Fsp3) is 0.412. The van der Waals surface area contributed by atoms with E-state index in [9.17, 15) is 9.18 Å². The molecule has 24 heavy (non-hydrogen) atoms.